The van der Waals surface area contributed by atoms with E-state index in [1.54, 1.807) is 13.1 Å². The molecule has 7 nitrogen and oxygen atoms in total. The standard InChI is InChI=1S/C37H44N2O5Si/c1-6-16-29-23-33(39-24-27(2)35(40)38-36(39)41)43-34(29)32(26-42-25-28-17-10-7-11-18-28)44-45(37(3,4)5,30-19-12-8-13-20-30)31-21-14-9-15-22-31/h6-15,17-22,24,29,32-34H,1,16,23,25-26H2,2-5H3,(H,38,40,41)/t29-,32?,33+,34-/m0/s1. The van der Waals surface area contributed by atoms with Crippen LogP contribution in [0.3, 0.4) is 0 Å². The summed E-state index contributed by atoms with van der Waals surface area (Å²) in [5.74, 6) is 0.00942. The molecule has 4 aromatic rings. The van der Waals surface area contributed by atoms with Crippen molar-refractivity contribution in [1.29, 1.82) is 0 Å². The summed E-state index contributed by atoms with van der Waals surface area (Å²) in [5.41, 5.74) is 0.645. The minimum atomic E-state index is -2.99. The quantitative estimate of drug-likeness (QED) is 0.167. The molecule has 1 saturated heterocycles. The van der Waals surface area contributed by atoms with Crippen LogP contribution in [0.15, 0.2) is 119 Å². The molecule has 0 saturated carbocycles. The first-order valence-electron chi connectivity index (χ1n) is 15.6. The van der Waals surface area contributed by atoms with E-state index in [1.807, 2.05) is 48.5 Å². The van der Waals surface area contributed by atoms with Gasteiger partial charge in [0.1, 0.15) is 6.23 Å². The minimum absolute atomic E-state index is 0.00942. The Bertz CT molecular complexity index is 1630. The number of allylic oxidation sites excluding steroid dienone is 1. The van der Waals surface area contributed by atoms with E-state index in [4.69, 9.17) is 13.9 Å². The van der Waals surface area contributed by atoms with Crippen molar-refractivity contribution in [3.63, 3.8) is 0 Å². The van der Waals surface area contributed by atoms with E-state index in [0.717, 1.165) is 5.56 Å². The molecule has 0 amide bonds. The van der Waals surface area contributed by atoms with Crippen LogP contribution in [0.2, 0.25) is 5.04 Å². The average molecular weight is 625 g/mol. The Morgan fingerprint density at radius 3 is 2.11 bits per heavy atom. The number of H-pyrrole nitrogens is 1. The maximum Gasteiger partial charge on any atom is 0.330 e. The largest absolute Gasteiger partial charge is 0.399 e. The molecule has 0 spiro atoms. The monoisotopic (exact) mass is 624 g/mol. The topological polar surface area (TPSA) is 82.6 Å². The van der Waals surface area contributed by atoms with Gasteiger partial charge in [-0.3, -0.25) is 14.3 Å². The zero-order valence-corrected chi connectivity index (χ0v) is 27.6. The van der Waals surface area contributed by atoms with E-state index in [-0.39, 0.29) is 11.0 Å². The van der Waals surface area contributed by atoms with E-state index < -0.39 is 38.0 Å². The summed E-state index contributed by atoms with van der Waals surface area (Å²) in [4.78, 5) is 27.5. The zero-order chi connectivity index (χ0) is 32.0. The average Bonchev–Trinajstić information content (AvgIpc) is 3.45. The smallest absolute Gasteiger partial charge is 0.330 e. The second-order valence-electron chi connectivity index (χ2n) is 12.9. The molecule has 236 valence electrons. The van der Waals surface area contributed by atoms with Crippen LogP contribution in [0, 0.1) is 12.8 Å². The normalized spacial score (nSPS) is 19.3. The Balaban J connectivity index is 1.59. The van der Waals surface area contributed by atoms with Crippen molar-refractivity contribution in [2.24, 2.45) is 5.92 Å². The van der Waals surface area contributed by atoms with E-state index in [2.05, 4.69) is 80.9 Å². The fraction of sp³-hybridized carbons (Fsp3) is 0.351. The lowest BCUT2D eigenvalue weighted by Crippen LogP contribution is -2.69. The summed E-state index contributed by atoms with van der Waals surface area (Å²) >= 11 is 0. The second-order valence-corrected chi connectivity index (χ2v) is 17.1. The van der Waals surface area contributed by atoms with Crippen LogP contribution in [-0.2, 0) is 20.5 Å². The number of benzene rings is 3. The maximum absolute atomic E-state index is 12.9. The highest BCUT2D eigenvalue weighted by Gasteiger charge is 2.54. The highest BCUT2D eigenvalue weighted by atomic mass is 28.4. The molecular formula is C37H44N2O5Si. The van der Waals surface area contributed by atoms with Gasteiger partial charge in [0.15, 0.2) is 0 Å². The van der Waals surface area contributed by atoms with Gasteiger partial charge in [0.25, 0.3) is 13.9 Å². The number of hydrogen-bond donors (Lipinski definition) is 1. The number of ether oxygens (including phenoxy) is 2. The third-order valence-corrected chi connectivity index (χ3v) is 13.8. The van der Waals surface area contributed by atoms with Crippen LogP contribution in [0.25, 0.3) is 0 Å². The molecule has 2 heterocycles. The van der Waals surface area contributed by atoms with Crippen LogP contribution in [0.4, 0.5) is 0 Å². The van der Waals surface area contributed by atoms with Gasteiger partial charge in [0.2, 0.25) is 0 Å². The number of aromatic nitrogens is 2. The van der Waals surface area contributed by atoms with E-state index >= 15 is 0 Å². The molecule has 3 aromatic carbocycles. The van der Waals surface area contributed by atoms with E-state index in [1.165, 1.54) is 14.9 Å². The van der Waals surface area contributed by atoms with Gasteiger partial charge < -0.3 is 13.9 Å². The Morgan fingerprint density at radius 2 is 1.56 bits per heavy atom. The van der Waals surface area contributed by atoms with Crippen LogP contribution in [0.5, 0.6) is 0 Å². The Kier molecular flexibility index (Phi) is 10.2. The maximum atomic E-state index is 12.9. The van der Waals surface area contributed by atoms with Gasteiger partial charge >= 0.3 is 5.69 Å². The highest BCUT2D eigenvalue weighted by Crippen LogP contribution is 2.42. The summed E-state index contributed by atoms with van der Waals surface area (Å²) in [5, 5.41) is 2.07. The molecule has 4 atom stereocenters. The fourth-order valence-corrected chi connectivity index (χ4v) is 11.2. The molecule has 8 heteroatoms. The van der Waals surface area contributed by atoms with E-state index in [9.17, 15) is 9.59 Å². The molecule has 1 aromatic heterocycles. The highest BCUT2D eigenvalue weighted by molar-refractivity contribution is 6.99. The van der Waals surface area contributed by atoms with E-state index in [0.29, 0.717) is 31.6 Å². The van der Waals surface area contributed by atoms with Gasteiger partial charge in [-0.2, -0.15) is 0 Å². The predicted octanol–water partition coefficient (Wildman–Crippen LogP) is 5.49. The summed E-state index contributed by atoms with van der Waals surface area (Å²) in [6.07, 6.45) is 3.30. The Labute approximate surface area is 266 Å². The summed E-state index contributed by atoms with van der Waals surface area (Å²) in [6, 6.07) is 31.2. The van der Waals surface area contributed by atoms with Crippen molar-refractivity contribution in [3.8, 4) is 0 Å². The summed E-state index contributed by atoms with van der Waals surface area (Å²) in [6.45, 7) is 13.2. The van der Waals surface area contributed by atoms with Crippen molar-refractivity contribution in [1.82, 2.24) is 9.55 Å². The van der Waals surface area contributed by atoms with Gasteiger partial charge in [0.05, 0.1) is 25.4 Å². The lowest BCUT2D eigenvalue weighted by Gasteiger charge is -2.46. The number of hydrogen-bond acceptors (Lipinski definition) is 5. The lowest BCUT2D eigenvalue weighted by atomic mass is 9.93. The minimum Gasteiger partial charge on any atom is -0.399 e. The SMILES string of the molecule is C=CC[C@H]1C[C@H](n2cc(C)c(=O)[nH]c2=O)O[C@@H]1C(COCc1ccccc1)O[Si](c1ccccc1)(c1ccccc1)C(C)(C)C. The molecule has 0 radical (unpaired) electrons. The number of aryl methyl sites for hydroxylation is 1. The first-order valence-corrected chi connectivity index (χ1v) is 17.5. The van der Waals surface area contributed by atoms with Gasteiger partial charge in [-0.25, -0.2) is 4.79 Å². The van der Waals surface area contributed by atoms with Crippen LogP contribution in [-0.4, -0.2) is 36.7 Å². The van der Waals surface area contributed by atoms with Gasteiger partial charge in [-0.05, 0) is 46.7 Å². The predicted molar refractivity (Wildman–Crippen MR) is 181 cm³/mol. The molecule has 1 fully saturated rings. The first-order chi connectivity index (χ1) is 21.6. The van der Waals surface area contributed by atoms with Crippen molar-refractivity contribution >= 4 is 18.7 Å². The second kappa shape index (κ2) is 14.1. The number of rotatable bonds is 12. The van der Waals surface area contributed by atoms with Gasteiger partial charge in [-0.1, -0.05) is 118 Å². The lowest BCUT2D eigenvalue weighted by molar-refractivity contribution is -0.0900. The van der Waals surface area contributed by atoms with Crippen molar-refractivity contribution in [3.05, 3.63) is 142 Å². The third kappa shape index (κ3) is 7.04. The Morgan fingerprint density at radius 1 is 0.978 bits per heavy atom. The number of aromatic amines is 1. The molecule has 5 rings (SSSR count). The molecular weight excluding hydrogens is 581 g/mol. The molecule has 0 bridgehead atoms. The molecule has 1 N–H and O–H groups in total. The van der Waals surface area contributed by atoms with Crippen LogP contribution < -0.4 is 21.6 Å². The Hall–Kier alpha value is -3.82. The molecule has 45 heavy (non-hydrogen) atoms. The number of nitrogens with zero attached hydrogens (tertiary/aromatic N) is 1. The molecule has 0 aliphatic carbocycles. The number of nitrogens with one attached hydrogen (secondary N) is 1. The molecule has 1 unspecified atom stereocenters. The zero-order valence-electron chi connectivity index (χ0n) is 26.6. The summed E-state index contributed by atoms with van der Waals surface area (Å²) in [7, 11) is -2.99. The molecule has 1 aliphatic heterocycles. The molecule has 1 aliphatic rings. The van der Waals surface area contributed by atoms with Gasteiger partial charge in [0, 0.05) is 11.8 Å². The summed E-state index contributed by atoms with van der Waals surface area (Å²) < 4.78 is 22.4. The first kappa shape index (κ1) is 32.6. The van der Waals surface area contributed by atoms with Crippen LogP contribution >= 0.6 is 0 Å². The van der Waals surface area contributed by atoms with Gasteiger partial charge in [-0.15, -0.1) is 6.58 Å². The van der Waals surface area contributed by atoms with Crippen molar-refractivity contribution in [2.45, 2.75) is 70.6 Å². The fourth-order valence-electron chi connectivity index (χ4n) is 6.54. The third-order valence-electron chi connectivity index (χ3n) is 8.71. The van der Waals surface area contributed by atoms with Crippen molar-refractivity contribution < 1.29 is 13.9 Å². The van der Waals surface area contributed by atoms with Crippen molar-refractivity contribution in [2.75, 3.05) is 6.61 Å². The van der Waals surface area contributed by atoms with Crippen LogP contribution in [0.1, 0.15) is 51.0 Å².